The third-order valence-electron chi connectivity index (χ3n) is 8.55. The first-order chi connectivity index (χ1) is 19.6. The van der Waals surface area contributed by atoms with Crippen LogP contribution in [-0.2, 0) is 0 Å². The van der Waals surface area contributed by atoms with Gasteiger partial charge < -0.3 is 0 Å². The Morgan fingerprint density at radius 2 is 0.650 bits per heavy atom. The molecule has 0 aromatic heterocycles. The Morgan fingerprint density at radius 3 is 1.05 bits per heavy atom. The molecule has 0 aliphatic rings. The van der Waals surface area contributed by atoms with E-state index < -0.39 is 0 Å². The van der Waals surface area contributed by atoms with Gasteiger partial charge in [-0.3, -0.25) is 9.80 Å². The lowest BCUT2D eigenvalue weighted by Crippen LogP contribution is -2.49. The van der Waals surface area contributed by atoms with Gasteiger partial charge in [0.05, 0.1) is 6.17 Å². The molecule has 0 N–H and O–H groups in total. The van der Waals surface area contributed by atoms with E-state index in [4.69, 9.17) is 0 Å². The molecular formula is C36H78N4. The molecule has 0 heterocycles. The number of hydrazine groups is 1. The molecule has 0 fully saturated rings. The maximum Gasteiger partial charge on any atom is 0.0622 e. The Morgan fingerprint density at radius 1 is 0.300 bits per heavy atom. The second-order valence-electron chi connectivity index (χ2n) is 12.5. The van der Waals surface area contributed by atoms with E-state index in [-0.39, 0.29) is 0 Å². The van der Waals surface area contributed by atoms with E-state index >= 15 is 0 Å². The van der Waals surface area contributed by atoms with E-state index in [0.717, 1.165) is 0 Å². The zero-order valence-corrected chi connectivity index (χ0v) is 29.2. The molecule has 0 spiro atoms. The van der Waals surface area contributed by atoms with E-state index in [0.29, 0.717) is 6.17 Å². The second kappa shape index (κ2) is 30.3. The molecule has 0 aliphatic carbocycles. The first-order valence-electron chi connectivity index (χ1n) is 18.6. The second-order valence-corrected chi connectivity index (χ2v) is 12.5. The van der Waals surface area contributed by atoms with Crippen LogP contribution in [0.25, 0.3) is 0 Å². The van der Waals surface area contributed by atoms with Crippen LogP contribution in [0.5, 0.6) is 0 Å². The molecule has 0 radical (unpaired) electrons. The molecule has 0 aromatic rings. The zero-order valence-electron chi connectivity index (χ0n) is 29.2. The van der Waals surface area contributed by atoms with Crippen molar-refractivity contribution in [2.24, 2.45) is 0 Å². The van der Waals surface area contributed by atoms with Gasteiger partial charge in [-0.25, -0.2) is 10.0 Å². The van der Waals surface area contributed by atoms with Crippen molar-refractivity contribution in [3.05, 3.63) is 0 Å². The molecule has 1 atom stereocenters. The van der Waals surface area contributed by atoms with Crippen LogP contribution in [0.1, 0.15) is 177 Å². The minimum Gasteiger partial charge on any atom is -0.288 e. The maximum atomic E-state index is 2.88. The van der Waals surface area contributed by atoms with Crippen molar-refractivity contribution in [2.45, 2.75) is 183 Å². The summed E-state index contributed by atoms with van der Waals surface area (Å²) in [5.74, 6) is 0. The van der Waals surface area contributed by atoms with Crippen LogP contribution in [0.15, 0.2) is 0 Å². The molecule has 1 unspecified atom stereocenters. The van der Waals surface area contributed by atoms with Gasteiger partial charge in [-0.15, -0.1) is 0 Å². The average Bonchev–Trinajstić information content (AvgIpc) is 2.96. The first-order valence-corrected chi connectivity index (χ1v) is 18.6. The quantitative estimate of drug-likeness (QED) is 0.0456. The summed E-state index contributed by atoms with van der Waals surface area (Å²) in [6.07, 6.45) is 27.5. The van der Waals surface area contributed by atoms with Crippen molar-refractivity contribution >= 4 is 0 Å². The fourth-order valence-corrected chi connectivity index (χ4v) is 6.11. The van der Waals surface area contributed by atoms with Crippen LogP contribution >= 0.6 is 0 Å². The summed E-state index contributed by atoms with van der Waals surface area (Å²) in [6.45, 7) is 26.6. The first kappa shape index (κ1) is 39.8. The van der Waals surface area contributed by atoms with Gasteiger partial charge in [0.15, 0.2) is 0 Å². The molecule has 0 aliphatic heterocycles. The van der Waals surface area contributed by atoms with E-state index in [1.807, 2.05) is 0 Å². The molecule has 0 saturated heterocycles. The fraction of sp³-hybridized carbons (Fsp3) is 1.00. The van der Waals surface area contributed by atoms with Gasteiger partial charge in [0, 0.05) is 26.2 Å². The summed E-state index contributed by atoms with van der Waals surface area (Å²) in [6, 6.07) is 0. The fourth-order valence-electron chi connectivity index (χ4n) is 6.11. The van der Waals surface area contributed by atoms with E-state index in [1.165, 1.54) is 181 Å². The van der Waals surface area contributed by atoms with Gasteiger partial charge in [-0.05, 0) is 84.0 Å². The van der Waals surface area contributed by atoms with E-state index in [2.05, 4.69) is 68.3 Å². The number of nitrogens with zero attached hydrogens (tertiary/aromatic N) is 4. The van der Waals surface area contributed by atoms with E-state index in [1.54, 1.807) is 0 Å². The third kappa shape index (κ3) is 20.7. The van der Waals surface area contributed by atoms with Crippen molar-refractivity contribution in [1.29, 1.82) is 0 Å². The maximum absolute atomic E-state index is 2.88. The molecule has 0 amide bonds. The average molecular weight is 567 g/mol. The highest BCUT2D eigenvalue weighted by Crippen LogP contribution is 2.19. The minimum atomic E-state index is 0.641. The van der Waals surface area contributed by atoms with Crippen LogP contribution in [0.4, 0.5) is 0 Å². The highest BCUT2D eigenvalue weighted by atomic mass is 15.6. The van der Waals surface area contributed by atoms with Crippen LogP contribution in [0, 0.1) is 0 Å². The summed E-state index contributed by atoms with van der Waals surface area (Å²) in [4.78, 5) is 5.72. The predicted molar refractivity (Wildman–Crippen MR) is 182 cm³/mol. The lowest BCUT2D eigenvalue weighted by molar-refractivity contribution is -0.0310. The van der Waals surface area contributed by atoms with Gasteiger partial charge in [0.2, 0.25) is 0 Å². The number of rotatable bonds is 32. The number of hydrogen-bond donors (Lipinski definition) is 0. The Hall–Kier alpha value is -0.160. The highest BCUT2D eigenvalue weighted by Gasteiger charge is 2.23. The van der Waals surface area contributed by atoms with Gasteiger partial charge >= 0.3 is 0 Å². The third-order valence-corrected chi connectivity index (χ3v) is 8.55. The van der Waals surface area contributed by atoms with Gasteiger partial charge in [0.1, 0.15) is 0 Å². The summed E-state index contributed by atoms with van der Waals surface area (Å²) in [5.41, 5.74) is 0. The summed E-state index contributed by atoms with van der Waals surface area (Å²) in [7, 11) is 0. The van der Waals surface area contributed by atoms with Crippen molar-refractivity contribution in [3.8, 4) is 0 Å². The normalized spacial score (nSPS) is 13.0. The molecule has 4 heteroatoms. The molecule has 4 nitrogen and oxygen atoms in total. The van der Waals surface area contributed by atoms with Gasteiger partial charge in [0.25, 0.3) is 0 Å². The van der Waals surface area contributed by atoms with Gasteiger partial charge in [-0.1, -0.05) is 119 Å². The smallest absolute Gasteiger partial charge is 0.0622 e. The monoisotopic (exact) mass is 567 g/mol. The summed E-state index contributed by atoms with van der Waals surface area (Å²) >= 11 is 0. The molecule has 0 bridgehead atoms. The Labute approximate surface area is 255 Å². The molecule has 0 aromatic carbocycles. The van der Waals surface area contributed by atoms with Crippen molar-refractivity contribution in [2.75, 3.05) is 52.4 Å². The number of hydrogen-bond acceptors (Lipinski definition) is 4. The molecule has 0 saturated carbocycles. The minimum absolute atomic E-state index is 0.641. The lowest BCUT2D eigenvalue weighted by Gasteiger charge is -2.40. The Balaban J connectivity index is 5.25. The van der Waals surface area contributed by atoms with Crippen LogP contribution < -0.4 is 0 Å². The SMILES string of the molecule is CCCCCCN(CCCCCC(N(CCC)CCC)N(CCCC)CCCC)N(CCCCC)CCCCC. The van der Waals surface area contributed by atoms with Gasteiger partial charge in [-0.2, -0.15) is 0 Å². The van der Waals surface area contributed by atoms with Crippen molar-refractivity contribution in [1.82, 2.24) is 19.8 Å². The van der Waals surface area contributed by atoms with E-state index in [9.17, 15) is 0 Å². The largest absolute Gasteiger partial charge is 0.288 e. The number of unbranched alkanes of at least 4 members (excludes halogenated alkanes) is 11. The summed E-state index contributed by atoms with van der Waals surface area (Å²) < 4.78 is 0. The summed E-state index contributed by atoms with van der Waals surface area (Å²) in [5, 5.41) is 5.58. The zero-order chi connectivity index (χ0) is 29.7. The van der Waals surface area contributed by atoms with Crippen molar-refractivity contribution < 1.29 is 0 Å². The van der Waals surface area contributed by atoms with Crippen molar-refractivity contribution in [3.63, 3.8) is 0 Å². The topological polar surface area (TPSA) is 13.0 Å². The van der Waals surface area contributed by atoms with Crippen LogP contribution in [-0.4, -0.2) is 78.3 Å². The van der Waals surface area contributed by atoms with Crippen LogP contribution in [0.3, 0.4) is 0 Å². The standard InChI is InChI=1S/C36H78N4/c1-8-15-20-25-34-40(39(32-23-16-9-2)33-24-17-10-3)35-26-21-22-27-36(37(28-13-6)29-14-7)38(30-18-11-4)31-19-12-5/h36H,8-35H2,1-7H3. The molecule has 242 valence electrons. The lowest BCUT2D eigenvalue weighted by atomic mass is 10.1. The molecule has 40 heavy (non-hydrogen) atoms. The van der Waals surface area contributed by atoms with Crippen LogP contribution in [0.2, 0.25) is 0 Å². The Kier molecular flexibility index (Phi) is 30.2. The Bertz CT molecular complexity index is 461. The predicted octanol–water partition coefficient (Wildman–Crippen LogP) is 10.4. The highest BCUT2D eigenvalue weighted by molar-refractivity contribution is 4.75. The molecule has 0 rings (SSSR count). The molecular weight excluding hydrogens is 488 g/mol.